The third-order valence-electron chi connectivity index (χ3n) is 9.62. The minimum atomic E-state index is -0.294. The van der Waals surface area contributed by atoms with Gasteiger partial charge < -0.3 is 29.5 Å². The normalized spacial score (nSPS) is 22.8. The van der Waals surface area contributed by atoms with E-state index < -0.39 is 0 Å². The maximum atomic E-state index is 11.7. The third kappa shape index (κ3) is 3.00. The lowest BCUT2D eigenvalue weighted by Crippen LogP contribution is -2.51. The van der Waals surface area contributed by atoms with Crippen molar-refractivity contribution in [2.45, 2.75) is 57.2 Å². The molecule has 0 radical (unpaired) electrons. The number of nitrogens with zero attached hydrogens (tertiary/aromatic N) is 1. The van der Waals surface area contributed by atoms with Crippen molar-refractivity contribution in [3.63, 3.8) is 0 Å². The standard InChI is InChI=1S/C33H32N2O6/c1-13-9-14-22-23-15(10-13)33(41-4)32(38)25-19(37)12-21(40-3)27(29(23)25)26-20(39-2)11-18(36)24(28(22)26)31-30(14)34-16-7-5-6-8-17(16)35-31/h9,11-12,16-17,31,35-38H,5-8,10H2,1-4H3/t16-,17+,31?/m1/s1. The van der Waals surface area contributed by atoms with E-state index in [1.165, 1.54) is 13.2 Å². The third-order valence-corrected chi connectivity index (χ3v) is 9.62. The van der Waals surface area contributed by atoms with E-state index in [1.807, 2.05) is 0 Å². The first-order chi connectivity index (χ1) is 19.9. The fourth-order valence-corrected chi connectivity index (χ4v) is 8.05. The summed E-state index contributed by atoms with van der Waals surface area (Å²) in [5.41, 5.74) is 4.59. The zero-order chi connectivity index (χ0) is 28.3. The highest BCUT2D eigenvalue weighted by Crippen LogP contribution is 2.55. The molecule has 1 unspecified atom stereocenters. The van der Waals surface area contributed by atoms with E-state index in [9.17, 15) is 15.3 Å². The number of aliphatic imine (C=N–C) groups is 1. The van der Waals surface area contributed by atoms with Crippen molar-refractivity contribution in [3.05, 3.63) is 40.1 Å². The van der Waals surface area contributed by atoms with Crippen molar-refractivity contribution in [1.82, 2.24) is 5.32 Å². The molecule has 0 amide bonds. The van der Waals surface area contributed by atoms with Crippen molar-refractivity contribution < 1.29 is 29.5 Å². The van der Waals surface area contributed by atoms with Crippen LogP contribution in [-0.2, 0) is 6.42 Å². The number of phenolic OH excluding ortho intramolecular Hbond substituents is 3. The van der Waals surface area contributed by atoms with Crippen molar-refractivity contribution in [2.24, 2.45) is 4.99 Å². The summed E-state index contributed by atoms with van der Waals surface area (Å²) in [4.78, 5) is 5.40. The van der Waals surface area contributed by atoms with E-state index in [1.54, 1.807) is 20.3 Å². The van der Waals surface area contributed by atoms with Crippen molar-refractivity contribution in [1.29, 1.82) is 0 Å². The quantitative estimate of drug-likeness (QED) is 0.207. The smallest absolute Gasteiger partial charge is 0.169 e. The summed E-state index contributed by atoms with van der Waals surface area (Å²) in [6.07, 6.45) is 7.12. The van der Waals surface area contributed by atoms with Gasteiger partial charge in [0.05, 0.1) is 44.5 Å². The summed E-state index contributed by atoms with van der Waals surface area (Å²) in [5.74, 6) is 1.18. The second kappa shape index (κ2) is 8.42. The monoisotopic (exact) mass is 552 g/mol. The second-order valence-electron chi connectivity index (χ2n) is 11.7. The Bertz CT molecular complexity index is 1970. The van der Waals surface area contributed by atoms with E-state index in [0.29, 0.717) is 39.8 Å². The lowest BCUT2D eigenvalue weighted by Gasteiger charge is -2.41. The summed E-state index contributed by atoms with van der Waals surface area (Å²) in [5, 5.41) is 43.5. The Morgan fingerprint density at radius 3 is 2.27 bits per heavy atom. The average Bonchev–Trinajstić information content (AvgIpc) is 3.12. The van der Waals surface area contributed by atoms with E-state index in [-0.39, 0.29) is 35.4 Å². The summed E-state index contributed by atoms with van der Waals surface area (Å²) in [6.45, 7) is 2.08. The van der Waals surface area contributed by atoms with Gasteiger partial charge in [0.25, 0.3) is 0 Å². The number of hydrogen-bond acceptors (Lipinski definition) is 8. The molecule has 210 valence electrons. The first kappa shape index (κ1) is 24.6. The van der Waals surface area contributed by atoms with Gasteiger partial charge in [-0.05, 0) is 31.6 Å². The van der Waals surface area contributed by atoms with Gasteiger partial charge in [-0.15, -0.1) is 0 Å². The van der Waals surface area contributed by atoms with Crippen LogP contribution in [0.15, 0.2) is 28.8 Å². The highest BCUT2D eigenvalue weighted by Gasteiger charge is 2.42. The molecule has 4 aromatic rings. The van der Waals surface area contributed by atoms with E-state index in [2.05, 4.69) is 18.3 Å². The van der Waals surface area contributed by atoms with Gasteiger partial charge in [-0.2, -0.15) is 0 Å². The van der Waals surface area contributed by atoms with Crippen LogP contribution >= 0.6 is 0 Å². The molecule has 4 aromatic carbocycles. The van der Waals surface area contributed by atoms with Crippen LogP contribution in [0.4, 0.5) is 0 Å². The number of nitrogens with one attached hydrogen (secondary N) is 1. The number of phenols is 3. The van der Waals surface area contributed by atoms with Gasteiger partial charge in [0, 0.05) is 61.6 Å². The van der Waals surface area contributed by atoms with Crippen LogP contribution in [0, 0.1) is 0 Å². The van der Waals surface area contributed by atoms with Crippen LogP contribution in [0.1, 0.15) is 49.8 Å². The van der Waals surface area contributed by atoms with Crippen molar-refractivity contribution in [3.8, 4) is 34.5 Å². The predicted molar refractivity (Wildman–Crippen MR) is 159 cm³/mol. The number of benzene rings is 4. The fourth-order valence-electron chi connectivity index (χ4n) is 8.05. The molecular weight excluding hydrogens is 520 g/mol. The van der Waals surface area contributed by atoms with Gasteiger partial charge in [0.2, 0.25) is 0 Å². The lowest BCUT2D eigenvalue weighted by atomic mass is 9.77. The zero-order valence-electron chi connectivity index (χ0n) is 23.5. The lowest BCUT2D eigenvalue weighted by molar-refractivity contribution is 0.304. The number of fused-ring (bicyclic) bond motifs is 5. The Morgan fingerprint density at radius 2 is 1.54 bits per heavy atom. The maximum Gasteiger partial charge on any atom is 0.169 e. The SMILES string of the molecule is COc1c(O)c2c(O)cc(OC)c3c4c(OC)cc(O)c5c4c4c(c1CC(C)=CC=4C1=N[C@@H]4CCCC[C@@H]4NC15)c23. The zero-order valence-corrected chi connectivity index (χ0v) is 23.5. The Balaban J connectivity index is 1.74. The Morgan fingerprint density at radius 1 is 0.829 bits per heavy atom. The highest BCUT2D eigenvalue weighted by atomic mass is 16.5. The number of rotatable bonds is 3. The number of ether oxygens (including phenoxy) is 3. The molecule has 0 bridgehead atoms. The van der Waals surface area contributed by atoms with Crippen LogP contribution < -0.4 is 24.7 Å². The van der Waals surface area contributed by atoms with Gasteiger partial charge in [0.15, 0.2) is 11.5 Å². The Labute approximate surface area is 236 Å². The molecule has 4 N–H and O–H groups in total. The van der Waals surface area contributed by atoms with Crippen LogP contribution in [-0.4, -0.2) is 54.4 Å². The number of allylic oxidation sites excluding steroid dienone is 2. The minimum absolute atomic E-state index is 0.105. The molecule has 3 atom stereocenters. The van der Waals surface area contributed by atoms with Crippen LogP contribution in [0.3, 0.4) is 0 Å². The Hall–Kier alpha value is -4.17. The van der Waals surface area contributed by atoms with Gasteiger partial charge in [-0.1, -0.05) is 24.5 Å². The minimum Gasteiger partial charge on any atom is -0.507 e. The molecule has 1 saturated carbocycles. The molecule has 1 aliphatic heterocycles. The van der Waals surface area contributed by atoms with Crippen LogP contribution in [0.2, 0.25) is 0 Å². The largest absolute Gasteiger partial charge is 0.507 e. The molecule has 0 aromatic heterocycles. The Kier molecular flexibility index (Phi) is 5.06. The fraction of sp³-hybridized carbons (Fsp3) is 0.364. The van der Waals surface area contributed by atoms with Gasteiger partial charge in [-0.25, -0.2) is 0 Å². The summed E-state index contributed by atoms with van der Waals surface area (Å²) in [6, 6.07) is 3.31. The first-order valence-electron chi connectivity index (χ1n) is 14.2. The van der Waals surface area contributed by atoms with Crippen LogP contribution in [0.25, 0.3) is 37.9 Å². The predicted octanol–water partition coefficient (Wildman–Crippen LogP) is 5.07. The first-order valence-corrected chi connectivity index (χ1v) is 14.2. The molecule has 1 fully saturated rings. The highest BCUT2D eigenvalue weighted by molar-refractivity contribution is 6.36. The molecule has 8 rings (SSSR count). The van der Waals surface area contributed by atoms with Gasteiger partial charge >= 0.3 is 0 Å². The number of methoxy groups -OCH3 is 3. The maximum absolute atomic E-state index is 11.7. The van der Waals surface area contributed by atoms with Crippen LogP contribution in [0.5, 0.6) is 34.5 Å². The molecule has 41 heavy (non-hydrogen) atoms. The average molecular weight is 553 g/mol. The molecule has 0 spiro atoms. The molecule has 0 saturated heterocycles. The number of hydrogen-bond donors (Lipinski definition) is 4. The summed E-state index contributed by atoms with van der Waals surface area (Å²) < 4.78 is 17.6. The molecule has 4 aliphatic rings. The number of aromatic hydroxyl groups is 3. The topological polar surface area (TPSA) is 113 Å². The van der Waals surface area contributed by atoms with Crippen molar-refractivity contribution in [2.75, 3.05) is 21.3 Å². The van der Waals surface area contributed by atoms with E-state index in [4.69, 9.17) is 19.2 Å². The summed E-state index contributed by atoms with van der Waals surface area (Å²) in [7, 11) is 4.69. The second-order valence-corrected chi connectivity index (χ2v) is 11.7. The van der Waals surface area contributed by atoms with Gasteiger partial charge in [-0.3, -0.25) is 10.3 Å². The van der Waals surface area contributed by atoms with E-state index in [0.717, 1.165) is 75.0 Å². The summed E-state index contributed by atoms with van der Waals surface area (Å²) >= 11 is 0. The van der Waals surface area contributed by atoms with E-state index >= 15 is 0 Å². The molecule has 8 heteroatoms. The van der Waals surface area contributed by atoms with Gasteiger partial charge in [0.1, 0.15) is 23.0 Å². The molecule has 1 heterocycles. The molecule has 3 aliphatic carbocycles. The van der Waals surface area contributed by atoms with Crippen molar-refractivity contribution >= 4 is 43.6 Å². The molecule has 8 nitrogen and oxygen atoms in total. The molecular formula is C33H32N2O6.